The van der Waals surface area contributed by atoms with Crippen LogP contribution in [-0.2, 0) is 13.0 Å². The van der Waals surface area contributed by atoms with Crippen LogP contribution in [0.1, 0.15) is 24.0 Å². The molecule has 0 spiro atoms. The number of hydrogen-bond acceptors (Lipinski definition) is 3. The van der Waals surface area contributed by atoms with Crippen LogP contribution in [0.15, 0.2) is 24.3 Å². The van der Waals surface area contributed by atoms with Gasteiger partial charge in [0.1, 0.15) is 0 Å². The minimum absolute atomic E-state index is 0.0685. The first-order valence-electron chi connectivity index (χ1n) is 7.40. The molecule has 2 heterocycles. The lowest BCUT2D eigenvalue weighted by Crippen LogP contribution is -2.48. The summed E-state index contributed by atoms with van der Waals surface area (Å²) in [6, 6.07) is 9.43. The summed E-state index contributed by atoms with van der Waals surface area (Å²) in [5, 5.41) is 9.58. The molecule has 0 aromatic heterocycles. The van der Waals surface area contributed by atoms with Crippen molar-refractivity contribution >= 4 is 0 Å². The van der Waals surface area contributed by atoms with Gasteiger partial charge in [0, 0.05) is 32.2 Å². The highest BCUT2D eigenvalue weighted by molar-refractivity contribution is 5.30. The van der Waals surface area contributed by atoms with Gasteiger partial charge in [-0.15, -0.1) is 0 Å². The average Bonchev–Trinajstić information content (AvgIpc) is 2.42. The third kappa shape index (κ3) is 2.99. The molecule has 0 radical (unpaired) electrons. The van der Waals surface area contributed by atoms with Crippen molar-refractivity contribution in [1.82, 2.24) is 9.80 Å². The zero-order valence-electron chi connectivity index (χ0n) is 11.8. The van der Waals surface area contributed by atoms with Gasteiger partial charge in [-0.1, -0.05) is 24.3 Å². The highest BCUT2D eigenvalue weighted by Gasteiger charge is 2.26. The summed E-state index contributed by atoms with van der Waals surface area (Å²) in [7, 11) is 2.24. The second-order valence-corrected chi connectivity index (χ2v) is 6.07. The third-order valence-corrected chi connectivity index (χ3v) is 4.64. The van der Waals surface area contributed by atoms with E-state index >= 15 is 0 Å². The molecule has 1 saturated heterocycles. The Morgan fingerprint density at radius 1 is 1.16 bits per heavy atom. The number of benzene rings is 1. The van der Waals surface area contributed by atoms with E-state index in [0.29, 0.717) is 6.04 Å². The largest absolute Gasteiger partial charge is 0.393 e. The molecule has 0 saturated carbocycles. The van der Waals surface area contributed by atoms with E-state index in [0.717, 1.165) is 45.4 Å². The molecular weight excluding hydrogens is 236 g/mol. The van der Waals surface area contributed by atoms with Gasteiger partial charge in [-0.05, 0) is 37.4 Å². The maximum atomic E-state index is 9.58. The fourth-order valence-electron chi connectivity index (χ4n) is 3.32. The monoisotopic (exact) mass is 260 g/mol. The molecule has 19 heavy (non-hydrogen) atoms. The number of likely N-dealkylation sites (tertiary alicyclic amines) is 1. The second-order valence-electron chi connectivity index (χ2n) is 6.07. The van der Waals surface area contributed by atoms with Gasteiger partial charge in [0.15, 0.2) is 0 Å². The maximum Gasteiger partial charge on any atom is 0.0564 e. The molecule has 1 N–H and O–H groups in total. The first-order chi connectivity index (χ1) is 9.22. The average molecular weight is 260 g/mol. The lowest BCUT2D eigenvalue weighted by Gasteiger charge is -2.39. The lowest BCUT2D eigenvalue weighted by molar-refractivity contribution is 0.0632. The van der Waals surface area contributed by atoms with Crippen molar-refractivity contribution in [1.29, 1.82) is 0 Å². The highest BCUT2D eigenvalue weighted by atomic mass is 16.3. The molecule has 1 unspecified atom stereocenters. The van der Waals surface area contributed by atoms with Crippen LogP contribution >= 0.6 is 0 Å². The number of nitrogens with zero attached hydrogens (tertiary/aromatic N) is 2. The van der Waals surface area contributed by atoms with E-state index in [9.17, 15) is 5.11 Å². The van der Waals surface area contributed by atoms with Gasteiger partial charge in [-0.2, -0.15) is 0 Å². The van der Waals surface area contributed by atoms with Crippen LogP contribution in [0.5, 0.6) is 0 Å². The van der Waals surface area contributed by atoms with Crippen LogP contribution in [0.2, 0.25) is 0 Å². The van der Waals surface area contributed by atoms with Gasteiger partial charge >= 0.3 is 0 Å². The zero-order valence-corrected chi connectivity index (χ0v) is 11.8. The van der Waals surface area contributed by atoms with E-state index < -0.39 is 0 Å². The fraction of sp³-hybridized carbons (Fsp3) is 0.625. The smallest absolute Gasteiger partial charge is 0.0564 e. The first kappa shape index (κ1) is 13.1. The van der Waals surface area contributed by atoms with Gasteiger partial charge in [-0.3, -0.25) is 4.90 Å². The Labute approximate surface area is 115 Å². The van der Waals surface area contributed by atoms with Gasteiger partial charge in [0.05, 0.1) is 6.10 Å². The predicted molar refractivity (Wildman–Crippen MR) is 77.1 cm³/mol. The van der Waals surface area contributed by atoms with Gasteiger partial charge < -0.3 is 10.0 Å². The molecule has 0 amide bonds. The zero-order chi connectivity index (χ0) is 13.2. The molecule has 1 fully saturated rings. The summed E-state index contributed by atoms with van der Waals surface area (Å²) in [5.74, 6) is 0. The van der Waals surface area contributed by atoms with Crippen LogP contribution in [-0.4, -0.2) is 53.7 Å². The minimum atomic E-state index is -0.0685. The normalized spacial score (nSPS) is 26.3. The Kier molecular flexibility index (Phi) is 3.87. The summed E-state index contributed by atoms with van der Waals surface area (Å²) in [4.78, 5) is 5.00. The van der Waals surface area contributed by atoms with Crippen LogP contribution in [0, 0.1) is 0 Å². The van der Waals surface area contributed by atoms with E-state index in [1.165, 1.54) is 11.1 Å². The van der Waals surface area contributed by atoms with Crippen molar-refractivity contribution in [3.8, 4) is 0 Å². The van der Waals surface area contributed by atoms with Crippen molar-refractivity contribution < 1.29 is 5.11 Å². The number of hydrogen-bond donors (Lipinski definition) is 1. The minimum Gasteiger partial charge on any atom is -0.393 e. The molecule has 1 aromatic carbocycles. The van der Waals surface area contributed by atoms with E-state index in [-0.39, 0.29) is 6.10 Å². The summed E-state index contributed by atoms with van der Waals surface area (Å²) >= 11 is 0. The molecule has 2 aliphatic heterocycles. The molecule has 3 nitrogen and oxygen atoms in total. The summed E-state index contributed by atoms with van der Waals surface area (Å²) < 4.78 is 0. The van der Waals surface area contributed by atoms with E-state index in [2.05, 4.69) is 41.1 Å². The maximum absolute atomic E-state index is 9.58. The molecule has 1 aromatic rings. The lowest BCUT2D eigenvalue weighted by atomic mass is 9.93. The number of rotatable bonds is 2. The number of likely N-dealkylation sites (N-methyl/N-ethyl adjacent to an activating group) is 1. The third-order valence-electron chi connectivity index (χ3n) is 4.64. The predicted octanol–water partition coefficient (Wildman–Crippen LogP) is 1.50. The molecule has 0 aliphatic carbocycles. The SMILES string of the molecule is CN1Cc2ccccc2CC1CN1CCC(O)CC1. The molecule has 104 valence electrons. The van der Waals surface area contributed by atoms with Crippen molar-refractivity contribution in [3.63, 3.8) is 0 Å². The Hall–Kier alpha value is -0.900. The van der Waals surface area contributed by atoms with Crippen molar-refractivity contribution in [2.45, 2.75) is 38.0 Å². The number of aliphatic hydroxyl groups excluding tert-OH is 1. The highest BCUT2D eigenvalue weighted by Crippen LogP contribution is 2.23. The van der Waals surface area contributed by atoms with Crippen molar-refractivity contribution in [2.24, 2.45) is 0 Å². The molecular formula is C16H24N2O. The van der Waals surface area contributed by atoms with Crippen LogP contribution < -0.4 is 0 Å². The Morgan fingerprint density at radius 3 is 2.58 bits per heavy atom. The Balaban J connectivity index is 1.63. The first-order valence-corrected chi connectivity index (χ1v) is 7.40. The summed E-state index contributed by atoms with van der Waals surface area (Å²) in [6.07, 6.45) is 2.97. The van der Waals surface area contributed by atoms with E-state index in [4.69, 9.17) is 0 Å². The molecule has 0 bridgehead atoms. The number of fused-ring (bicyclic) bond motifs is 1. The topological polar surface area (TPSA) is 26.7 Å². The van der Waals surface area contributed by atoms with E-state index in [1.54, 1.807) is 0 Å². The molecule has 1 atom stereocenters. The quantitative estimate of drug-likeness (QED) is 0.873. The van der Waals surface area contributed by atoms with Crippen molar-refractivity contribution in [3.05, 3.63) is 35.4 Å². The van der Waals surface area contributed by atoms with Crippen LogP contribution in [0.3, 0.4) is 0 Å². The van der Waals surface area contributed by atoms with Gasteiger partial charge in [0.2, 0.25) is 0 Å². The van der Waals surface area contributed by atoms with Crippen LogP contribution in [0.25, 0.3) is 0 Å². The van der Waals surface area contributed by atoms with Gasteiger partial charge in [-0.25, -0.2) is 0 Å². The van der Waals surface area contributed by atoms with Crippen molar-refractivity contribution in [2.75, 3.05) is 26.7 Å². The fourth-order valence-corrected chi connectivity index (χ4v) is 3.32. The second kappa shape index (κ2) is 5.61. The van der Waals surface area contributed by atoms with Crippen LogP contribution in [0.4, 0.5) is 0 Å². The molecule has 2 aliphatic rings. The Morgan fingerprint density at radius 2 is 1.84 bits per heavy atom. The molecule has 3 heteroatoms. The standard InChI is InChI=1S/C16H24N2O/c1-17-11-14-5-3-2-4-13(14)10-15(17)12-18-8-6-16(19)7-9-18/h2-5,15-16,19H,6-12H2,1H3. The summed E-state index contributed by atoms with van der Waals surface area (Å²) in [5.41, 5.74) is 3.00. The Bertz CT molecular complexity index is 427. The molecule has 3 rings (SSSR count). The summed E-state index contributed by atoms with van der Waals surface area (Å²) in [6.45, 7) is 4.30. The van der Waals surface area contributed by atoms with Gasteiger partial charge in [0.25, 0.3) is 0 Å². The van der Waals surface area contributed by atoms with E-state index in [1.807, 2.05) is 0 Å². The number of piperidine rings is 1. The number of aliphatic hydroxyl groups is 1.